The number of hydrogen-bond acceptors (Lipinski definition) is 6. The maximum Gasteiger partial charge on any atom is 0.247 e. The summed E-state index contributed by atoms with van der Waals surface area (Å²) in [5.41, 5.74) is 4.86. The van der Waals surface area contributed by atoms with Crippen LogP contribution in [0.5, 0.6) is 5.88 Å². The molecule has 0 bridgehead atoms. The number of benzene rings is 2. The van der Waals surface area contributed by atoms with Crippen molar-refractivity contribution in [2.45, 2.75) is 46.0 Å². The summed E-state index contributed by atoms with van der Waals surface area (Å²) in [4.78, 5) is 19.3. The lowest BCUT2D eigenvalue weighted by molar-refractivity contribution is -0.118. The van der Waals surface area contributed by atoms with Gasteiger partial charge >= 0.3 is 0 Å². The highest BCUT2D eigenvalue weighted by Gasteiger charge is 2.35. The summed E-state index contributed by atoms with van der Waals surface area (Å²) in [5.74, 6) is 1.58. The Bertz CT molecular complexity index is 1170. The molecule has 4 rings (SSSR count). The Balaban J connectivity index is 1.94. The predicted molar refractivity (Wildman–Crippen MR) is 128 cm³/mol. The second-order valence-electron chi connectivity index (χ2n) is 8.34. The van der Waals surface area contributed by atoms with Crippen molar-refractivity contribution in [1.29, 1.82) is 0 Å². The molecule has 0 saturated carbocycles. The maximum absolute atomic E-state index is 13.0. The maximum atomic E-state index is 13.0. The summed E-state index contributed by atoms with van der Waals surface area (Å²) in [6, 6.07) is 11.3. The van der Waals surface area contributed by atoms with E-state index in [0.717, 1.165) is 33.7 Å². The normalized spacial score (nSPS) is 15.1. The molecule has 1 atom stereocenters. The second-order valence-corrected chi connectivity index (χ2v) is 9.77. The second kappa shape index (κ2) is 9.08. The molecule has 1 amide bonds. The summed E-state index contributed by atoms with van der Waals surface area (Å²) in [7, 11) is 0. The molecular weight excluding hydrogens is 444 g/mol. The molecule has 3 aromatic rings. The van der Waals surface area contributed by atoms with Crippen molar-refractivity contribution < 1.29 is 9.53 Å². The lowest BCUT2D eigenvalue weighted by Gasteiger charge is -2.31. The average Bonchev–Trinajstić information content (AvgIpc) is 2.87. The number of carbonyl (C=O) groups excluding carboxylic acids is 1. The highest BCUT2D eigenvalue weighted by molar-refractivity contribution is 7.99. The quantitative estimate of drug-likeness (QED) is 0.437. The number of amides is 1. The molecule has 166 valence electrons. The van der Waals surface area contributed by atoms with Crippen molar-refractivity contribution in [2.75, 3.05) is 10.7 Å². The zero-order valence-electron chi connectivity index (χ0n) is 18.7. The molecule has 32 heavy (non-hydrogen) atoms. The fourth-order valence-electron chi connectivity index (χ4n) is 3.75. The standard InChI is InChI=1S/C24H25ClN4O2S/c1-13(2)12-32-24-26-22-20(27-28-24)19-11-14(3)10-15(4)21(19)29(16(5)30)23(31-22)17-6-8-18(25)9-7-17/h6-11,13,23H,12H2,1-5H3/t23-/m0/s1. The smallest absolute Gasteiger partial charge is 0.247 e. The summed E-state index contributed by atoms with van der Waals surface area (Å²) in [5, 5.41) is 10.0. The third-order valence-corrected chi connectivity index (χ3v) is 6.59. The van der Waals surface area contributed by atoms with Gasteiger partial charge in [-0.1, -0.05) is 61.0 Å². The van der Waals surface area contributed by atoms with Crippen molar-refractivity contribution in [2.24, 2.45) is 5.92 Å². The first-order valence-electron chi connectivity index (χ1n) is 10.5. The molecule has 0 fully saturated rings. The first-order valence-corrected chi connectivity index (χ1v) is 11.8. The van der Waals surface area contributed by atoms with Gasteiger partial charge in [-0.25, -0.2) is 0 Å². The van der Waals surface area contributed by atoms with E-state index in [-0.39, 0.29) is 5.91 Å². The molecule has 0 N–H and O–H groups in total. The third kappa shape index (κ3) is 4.45. The number of nitrogens with zero attached hydrogens (tertiary/aromatic N) is 4. The van der Waals surface area contributed by atoms with E-state index in [1.165, 1.54) is 18.7 Å². The van der Waals surface area contributed by atoms with E-state index in [1.54, 1.807) is 17.0 Å². The molecule has 0 spiro atoms. The Labute approximate surface area is 197 Å². The monoisotopic (exact) mass is 468 g/mol. The van der Waals surface area contributed by atoms with Gasteiger partial charge < -0.3 is 4.74 Å². The van der Waals surface area contributed by atoms with Crippen molar-refractivity contribution in [1.82, 2.24) is 15.2 Å². The molecule has 1 aromatic heterocycles. The number of hydrogen-bond donors (Lipinski definition) is 0. The van der Waals surface area contributed by atoms with Gasteiger partial charge in [0.1, 0.15) is 0 Å². The number of ether oxygens (including phenoxy) is 1. The van der Waals surface area contributed by atoms with E-state index in [1.807, 2.05) is 38.1 Å². The minimum Gasteiger partial charge on any atom is -0.447 e. The van der Waals surface area contributed by atoms with E-state index in [4.69, 9.17) is 21.3 Å². The molecule has 6 nitrogen and oxygen atoms in total. The Morgan fingerprint density at radius 1 is 1.19 bits per heavy atom. The fourth-order valence-corrected chi connectivity index (χ4v) is 4.61. The van der Waals surface area contributed by atoms with Gasteiger partial charge in [0, 0.05) is 28.8 Å². The van der Waals surface area contributed by atoms with Gasteiger partial charge in [0.25, 0.3) is 0 Å². The van der Waals surface area contributed by atoms with Crippen LogP contribution >= 0.6 is 23.4 Å². The fraction of sp³-hybridized carbons (Fsp3) is 0.333. The number of aromatic nitrogens is 3. The summed E-state index contributed by atoms with van der Waals surface area (Å²) >= 11 is 7.65. The molecule has 0 radical (unpaired) electrons. The van der Waals surface area contributed by atoms with Crippen LogP contribution in [0.2, 0.25) is 5.02 Å². The highest BCUT2D eigenvalue weighted by atomic mass is 35.5. The number of rotatable bonds is 4. The van der Waals surface area contributed by atoms with E-state index in [0.29, 0.717) is 27.7 Å². The van der Waals surface area contributed by atoms with E-state index >= 15 is 0 Å². The molecule has 8 heteroatoms. The summed E-state index contributed by atoms with van der Waals surface area (Å²) in [6.07, 6.45) is -0.717. The third-order valence-electron chi connectivity index (χ3n) is 5.07. The van der Waals surface area contributed by atoms with Crippen molar-refractivity contribution >= 4 is 35.0 Å². The van der Waals surface area contributed by atoms with Crippen LogP contribution in [0.3, 0.4) is 0 Å². The number of thioether (sulfide) groups is 1. The van der Waals surface area contributed by atoms with Gasteiger partial charge in [0.05, 0.1) is 5.69 Å². The topological polar surface area (TPSA) is 68.2 Å². The zero-order chi connectivity index (χ0) is 23.0. The minimum atomic E-state index is -0.717. The Morgan fingerprint density at radius 3 is 2.56 bits per heavy atom. The number of halogens is 1. The molecular formula is C24H25ClN4O2S. The van der Waals surface area contributed by atoms with Crippen LogP contribution < -0.4 is 9.64 Å². The first-order chi connectivity index (χ1) is 15.2. The predicted octanol–water partition coefficient (Wildman–Crippen LogP) is 6.00. The minimum absolute atomic E-state index is 0.145. The lowest BCUT2D eigenvalue weighted by Crippen LogP contribution is -2.36. The van der Waals surface area contributed by atoms with Crippen LogP contribution in [-0.4, -0.2) is 26.8 Å². The molecule has 0 saturated heterocycles. The zero-order valence-corrected chi connectivity index (χ0v) is 20.3. The van der Waals surface area contributed by atoms with Gasteiger partial charge in [0.15, 0.2) is 5.69 Å². The molecule has 0 aliphatic carbocycles. The van der Waals surface area contributed by atoms with Gasteiger partial charge in [-0.3, -0.25) is 9.69 Å². The first kappa shape index (κ1) is 22.6. The molecule has 1 aliphatic heterocycles. The van der Waals surface area contributed by atoms with Crippen molar-refractivity contribution in [3.63, 3.8) is 0 Å². The SMILES string of the molecule is CC(=O)N1c2c(C)cc(C)cc2-c2nnc(SCC(C)C)nc2O[C@H]1c1ccc(Cl)cc1. The van der Waals surface area contributed by atoms with Gasteiger partial charge in [-0.05, 0) is 43.5 Å². The van der Waals surface area contributed by atoms with Crippen LogP contribution in [0.25, 0.3) is 11.3 Å². The number of carbonyl (C=O) groups is 1. The van der Waals surface area contributed by atoms with Crippen molar-refractivity contribution in [3.8, 4) is 17.1 Å². The number of anilines is 1. The Morgan fingerprint density at radius 2 is 1.91 bits per heavy atom. The lowest BCUT2D eigenvalue weighted by atomic mass is 10.00. The Hall–Kier alpha value is -2.64. The molecule has 2 aromatic carbocycles. The summed E-state index contributed by atoms with van der Waals surface area (Å²) < 4.78 is 6.42. The highest BCUT2D eigenvalue weighted by Crippen LogP contribution is 2.45. The summed E-state index contributed by atoms with van der Waals surface area (Å²) in [6.45, 7) is 9.82. The van der Waals surface area contributed by atoms with Crippen LogP contribution in [0.4, 0.5) is 5.69 Å². The van der Waals surface area contributed by atoms with Crippen LogP contribution in [0.15, 0.2) is 41.6 Å². The number of fused-ring (bicyclic) bond motifs is 3. The molecule has 0 unspecified atom stereocenters. The molecule has 2 heterocycles. The Kier molecular flexibility index (Phi) is 6.40. The van der Waals surface area contributed by atoms with Crippen LogP contribution in [0.1, 0.15) is 43.7 Å². The molecule has 1 aliphatic rings. The van der Waals surface area contributed by atoms with Gasteiger partial charge in [0.2, 0.25) is 23.2 Å². The number of aryl methyl sites for hydroxylation is 2. The average molecular weight is 469 g/mol. The van der Waals surface area contributed by atoms with Gasteiger partial charge in [-0.15, -0.1) is 10.2 Å². The van der Waals surface area contributed by atoms with E-state index in [2.05, 4.69) is 24.0 Å². The van der Waals surface area contributed by atoms with Gasteiger partial charge in [-0.2, -0.15) is 4.98 Å². The van der Waals surface area contributed by atoms with Crippen molar-refractivity contribution in [3.05, 3.63) is 58.1 Å². The van der Waals surface area contributed by atoms with E-state index < -0.39 is 6.23 Å². The van der Waals surface area contributed by atoms with Crippen LogP contribution in [0, 0.1) is 19.8 Å². The largest absolute Gasteiger partial charge is 0.447 e. The van der Waals surface area contributed by atoms with Crippen LogP contribution in [-0.2, 0) is 4.79 Å². The van der Waals surface area contributed by atoms with E-state index in [9.17, 15) is 4.79 Å².